The van der Waals surface area contributed by atoms with Crippen LogP contribution < -0.4 is 9.64 Å². The van der Waals surface area contributed by atoms with Crippen molar-refractivity contribution in [3.63, 3.8) is 0 Å². The maximum atomic E-state index is 12.8. The lowest BCUT2D eigenvalue weighted by molar-refractivity contribution is -0.134. The lowest BCUT2D eigenvalue weighted by Gasteiger charge is -2.29. The van der Waals surface area contributed by atoms with E-state index >= 15 is 0 Å². The van der Waals surface area contributed by atoms with Gasteiger partial charge in [0, 0.05) is 16.1 Å². The molecule has 2 aliphatic rings. The van der Waals surface area contributed by atoms with Gasteiger partial charge in [-0.1, -0.05) is 51.6 Å². The second-order valence-corrected chi connectivity index (χ2v) is 9.51. The van der Waals surface area contributed by atoms with E-state index in [0.717, 1.165) is 19.3 Å². The zero-order chi connectivity index (χ0) is 19.6. The van der Waals surface area contributed by atoms with Crippen molar-refractivity contribution in [2.24, 2.45) is 11.8 Å². The predicted molar refractivity (Wildman–Crippen MR) is 110 cm³/mol. The van der Waals surface area contributed by atoms with Gasteiger partial charge in [0.25, 0.3) is 0 Å². The van der Waals surface area contributed by atoms with Crippen LogP contribution in [0, 0.1) is 11.8 Å². The third-order valence-corrected chi connectivity index (χ3v) is 7.96. The smallest absolute Gasteiger partial charge is 0.311 e. The molecule has 0 radical (unpaired) electrons. The highest BCUT2D eigenvalue weighted by Gasteiger charge is 2.52. The molecule has 0 spiro atoms. The van der Waals surface area contributed by atoms with Crippen molar-refractivity contribution in [1.82, 2.24) is 0 Å². The number of ether oxygens (including phenoxy) is 1. The van der Waals surface area contributed by atoms with E-state index in [1.807, 2.05) is 0 Å². The minimum absolute atomic E-state index is 0.141. The minimum atomic E-state index is -0.272. The number of hydrogen-bond acceptors (Lipinski definition) is 4. The summed E-state index contributed by atoms with van der Waals surface area (Å²) >= 11 is 7.18. The Morgan fingerprint density at radius 1 is 1.04 bits per heavy atom. The zero-order valence-corrected chi connectivity index (χ0v) is 18.4. The van der Waals surface area contributed by atoms with Crippen molar-refractivity contribution < 1.29 is 19.1 Å². The van der Waals surface area contributed by atoms with Gasteiger partial charge in [0.05, 0.1) is 17.5 Å². The van der Waals surface area contributed by atoms with E-state index in [9.17, 15) is 14.4 Å². The van der Waals surface area contributed by atoms with Crippen molar-refractivity contribution in [2.75, 3.05) is 4.90 Å². The Bertz CT molecular complexity index is 693. The molecule has 1 aromatic rings. The van der Waals surface area contributed by atoms with Gasteiger partial charge in [0.15, 0.2) is 0 Å². The second-order valence-electron chi connectivity index (χ2n) is 7.15. The maximum absolute atomic E-state index is 12.8. The van der Waals surface area contributed by atoms with Crippen molar-refractivity contribution in [3.05, 3.63) is 24.3 Å². The molecule has 1 aromatic carbocycles. The fourth-order valence-electron chi connectivity index (χ4n) is 3.71. The molecule has 0 bridgehead atoms. The molecule has 2 amide bonds. The largest absolute Gasteiger partial charge is 0.427 e. The Morgan fingerprint density at radius 3 is 2.11 bits per heavy atom. The lowest BCUT2D eigenvalue weighted by atomic mass is 9.81. The summed E-state index contributed by atoms with van der Waals surface area (Å²) in [6.07, 6.45) is 4.55. The first-order valence-electron chi connectivity index (χ1n) is 9.39. The molecule has 1 saturated carbocycles. The highest BCUT2D eigenvalue weighted by Crippen LogP contribution is 2.44. The van der Waals surface area contributed by atoms with Crippen LogP contribution in [0.15, 0.2) is 24.3 Å². The normalized spacial score (nSPS) is 27.6. The molecular weight excluding hydrogens is 478 g/mol. The molecule has 146 valence electrons. The summed E-state index contributed by atoms with van der Waals surface area (Å²) in [5, 5.41) is 0. The van der Waals surface area contributed by atoms with Crippen molar-refractivity contribution >= 4 is 55.3 Å². The number of nitrogens with zero attached hydrogens (tertiary/aromatic N) is 1. The number of imide groups is 1. The van der Waals surface area contributed by atoms with Gasteiger partial charge in [-0.3, -0.25) is 19.3 Å². The van der Waals surface area contributed by atoms with Gasteiger partial charge >= 0.3 is 5.97 Å². The number of carbonyl (C=O) groups excluding carboxylic acids is 3. The molecule has 3 rings (SSSR count). The van der Waals surface area contributed by atoms with Crippen molar-refractivity contribution in [1.29, 1.82) is 0 Å². The van der Waals surface area contributed by atoms with Crippen molar-refractivity contribution in [3.8, 4) is 5.75 Å². The monoisotopic (exact) mass is 499 g/mol. The summed E-state index contributed by atoms with van der Waals surface area (Å²) in [5.41, 5.74) is 0.530. The Labute approximate surface area is 176 Å². The molecule has 7 heteroatoms. The number of benzene rings is 1. The Morgan fingerprint density at radius 2 is 1.59 bits per heavy atom. The number of halogens is 2. The number of esters is 1. The van der Waals surface area contributed by atoms with Gasteiger partial charge in [0.2, 0.25) is 11.8 Å². The minimum Gasteiger partial charge on any atom is -0.427 e. The number of amides is 2. The molecule has 0 aromatic heterocycles. The number of rotatable bonds is 6. The fourth-order valence-corrected chi connectivity index (χ4v) is 4.95. The van der Waals surface area contributed by atoms with Crippen LogP contribution in [0.2, 0.25) is 0 Å². The summed E-state index contributed by atoms with van der Waals surface area (Å²) < 4.78 is 5.32. The lowest BCUT2D eigenvalue weighted by Crippen LogP contribution is -2.34. The molecule has 2 fully saturated rings. The molecule has 1 aliphatic heterocycles. The number of carbonyl (C=O) groups is 3. The third-order valence-electron chi connectivity index (χ3n) is 5.22. The average Bonchev–Trinajstić information content (AvgIpc) is 2.87. The topological polar surface area (TPSA) is 63.7 Å². The van der Waals surface area contributed by atoms with Crippen LogP contribution in [0.25, 0.3) is 0 Å². The van der Waals surface area contributed by atoms with E-state index in [1.165, 1.54) is 4.90 Å². The summed E-state index contributed by atoms with van der Waals surface area (Å²) in [7, 11) is 0. The molecule has 1 saturated heterocycles. The number of unbranched alkanes of at least 4 members (excludes halogenated alkanes) is 2. The molecule has 27 heavy (non-hydrogen) atoms. The second kappa shape index (κ2) is 8.86. The molecular formula is C20H23Br2NO4. The van der Waals surface area contributed by atoms with E-state index < -0.39 is 0 Å². The van der Waals surface area contributed by atoms with Crippen LogP contribution in [0.3, 0.4) is 0 Å². The van der Waals surface area contributed by atoms with Crippen LogP contribution >= 0.6 is 31.9 Å². The number of alkyl halides is 2. The number of fused-ring (bicyclic) bond motifs is 1. The number of hydrogen-bond donors (Lipinski definition) is 0. The third kappa shape index (κ3) is 4.45. The van der Waals surface area contributed by atoms with E-state index in [4.69, 9.17) is 4.74 Å². The quantitative estimate of drug-likeness (QED) is 0.188. The highest BCUT2D eigenvalue weighted by molar-refractivity contribution is 9.12. The maximum Gasteiger partial charge on any atom is 0.311 e. The zero-order valence-electron chi connectivity index (χ0n) is 15.2. The highest BCUT2D eigenvalue weighted by atomic mass is 79.9. The van der Waals surface area contributed by atoms with E-state index in [-0.39, 0.29) is 39.3 Å². The van der Waals surface area contributed by atoms with E-state index in [0.29, 0.717) is 30.7 Å². The SMILES string of the molecule is CCCCCC(=O)Oc1ccc(N2C(=O)[C@H]3C[C@H](Br)[C@H](Br)C[C@H]3C2=O)cc1. The van der Waals surface area contributed by atoms with Gasteiger partial charge in [-0.25, -0.2) is 0 Å². The molecule has 1 aliphatic carbocycles. The van der Waals surface area contributed by atoms with E-state index in [1.54, 1.807) is 24.3 Å². The Balaban J connectivity index is 1.67. The fraction of sp³-hybridized carbons (Fsp3) is 0.550. The molecule has 4 atom stereocenters. The first-order valence-corrected chi connectivity index (χ1v) is 11.2. The van der Waals surface area contributed by atoms with Gasteiger partial charge in [-0.15, -0.1) is 0 Å². The van der Waals surface area contributed by atoms with E-state index in [2.05, 4.69) is 38.8 Å². The van der Waals surface area contributed by atoms with Gasteiger partial charge in [0.1, 0.15) is 5.75 Å². The molecule has 0 unspecified atom stereocenters. The van der Waals surface area contributed by atoms with Gasteiger partial charge < -0.3 is 4.74 Å². The first-order chi connectivity index (χ1) is 12.9. The van der Waals surface area contributed by atoms with Crippen LogP contribution in [0.1, 0.15) is 45.4 Å². The molecule has 1 heterocycles. The van der Waals surface area contributed by atoms with Gasteiger partial charge in [-0.05, 0) is 43.5 Å². The predicted octanol–water partition coefficient (Wildman–Crippen LogP) is 4.60. The summed E-state index contributed by atoms with van der Waals surface area (Å²) in [5.74, 6) is -0.658. The number of anilines is 1. The Hall–Kier alpha value is -1.21. The standard InChI is InChI=1S/C20H23Br2NO4/c1-2-3-4-5-18(24)27-13-8-6-12(7-9-13)23-19(25)14-10-16(21)17(22)11-15(14)20(23)26/h6-9,14-17H,2-5,10-11H2,1H3/t14-,15+,16-,17+. The molecule has 0 N–H and O–H groups in total. The summed E-state index contributed by atoms with van der Waals surface area (Å²) in [4.78, 5) is 39.1. The van der Waals surface area contributed by atoms with Gasteiger partial charge in [-0.2, -0.15) is 0 Å². The Kier molecular flexibility index (Phi) is 6.74. The summed E-state index contributed by atoms with van der Waals surface area (Å²) in [6, 6.07) is 6.60. The summed E-state index contributed by atoms with van der Waals surface area (Å²) in [6.45, 7) is 2.08. The average molecular weight is 501 g/mol. The van der Waals surface area contributed by atoms with Crippen LogP contribution in [-0.4, -0.2) is 27.4 Å². The van der Waals surface area contributed by atoms with Crippen LogP contribution in [-0.2, 0) is 14.4 Å². The van der Waals surface area contributed by atoms with Crippen LogP contribution in [0.4, 0.5) is 5.69 Å². The van der Waals surface area contributed by atoms with Crippen molar-refractivity contribution in [2.45, 2.75) is 55.1 Å². The molecule has 5 nitrogen and oxygen atoms in total. The van der Waals surface area contributed by atoms with Crippen LogP contribution in [0.5, 0.6) is 5.75 Å². The first kappa shape index (κ1) is 20.5.